The zero-order chi connectivity index (χ0) is 18.1. The number of pyridine rings is 1. The standard InChI is InChI=1S/C20H16ClN5/c1-12-6-7-14(21)9-16(12)17-11-24-20(22)26-19(17)25-15-8-13-4-2-3-5-18(13)23-10-15/h2-11H,1H3,(H3,22,24,25,26). The van der Waals surface area contributed by atoms with Crippen molar-refractivity contribution in [3.05, 3.63) is 71.5 Å². The van der Waals surface area contributed by atoms with Crippen LogP contribution in [0.4, 0.5) is 17.5 Å². The van der Waals surface area contributed by atoms with Gasteiger partial charge in [0.05, 0.1) is 17.4 Å². The number of fused-ring (bicyclic) bond motifs is 1. The summed E-state index contributed by atoms with van der Waals surface area (Å²) in [5, 5.41) is 5.01. The van der Waals surface area contributed by atoms with Crippen molar-refractivity contribution in [2.75, 3.05) is 11.1 Å². The number of para-hydroxylation sites is 1. The lowest BCUT2D eigenvalue weighted by molar-refractivity contribution is 1.18. The number of rotatable bonds is 3. The summed E-state index contributed by atoms with van der Waals surface area (Å²) in [6, 6.07) is 15.7. The summed E-state index contributed by atoms with van der Waals surface area (Å²) in [6.07, 6.45) is 3.48. The third kappa shape index (κ3) is 3.17. The average molecular weight is 362 g/mol. The van der Waals surface area contributed by atoms with Gasteiger partial charge >= 0.3 is 0 Å². The number of anilines is 3. The van der Waals surface area contributed by atoms with E-state index < -0.39 is 0 Å². The number of hydrogen-bond donors (Lipinski definition) is 2. The predicted octanol–water partition coefficient (Wildman–Crippen LogP) is 4.98. The van der Waals surface area contributed by atoms with Gasteiger partial charge in [-0.05, 0) is 42.3 Å². The number of nitrogens with one attached hydrogen (secondary N) is 1. The van der Waals surface area contributed by atoms with Crippen molar-refractivity contribution in [2.24, 2.45) is 0 Å². The van der Waals surface area contributed by atoms with Gasteiger partial charge in [-0.2, -0.15) is 4.98 Å². The molecule has 0 aliphatic carbocycles. The van der Waals surface area contributed by atoms with Crippen LogP contribution in [-0.2, 0) is 0 Å². The second-order valence-electron chi connectivity index (χ2n) is 5.99. The highest BCUT2D eigenvalue weighted by Gasteiger charge is 2.12. The Hall–Kier alpha value is -3.18. The van der Waals surface area contributed by atoms with Crippen LogP contribution in [0.1, 0.15) is 5.56 Å². The van der Waals surface area contributed by atoms with Crippen molar-refractivity contribution in [3.8, 4) is 11.1 Å². The van der Waals surface area contributed by atoms with Gasteiger partial charge < -0.3 is 11.1 Å². The molecule has 0 radical (unpaired) electrons. The fourth-order valence-electron chi connectivity index (χ4n) is 2.85. The minimum atomic E-state index is 0.199. The van der Waals surface area contributed by atoms with E-state index in [0.717, 1.165) is 33.3 Å². The van der Waals surface area contributed by atoms with Gasteiger partial charge in [0.25, 0.3) is 0 Å². The third-order valence-corrected chi connectivity index (χ3v) is 4.39. The fourth-order valence-corrected chi connectivity index (χ4v) is 3.02. The summed E-state index contributed by atoms with van der Waals surface area (Å²) >= 11 is 6.18. The fraction of sp³-hybridized carbons (Fsp3) is 0.0500. The molecule has 26 heavy (non-hydrogen) atoms. The lowest BCUT2D eigenvalue weighted by Crippen LogP contribution is -2.03. The molecule has 2 heterocycles. The molecule has 2 aromatic heterocycles. The van der Waals surface area contributed by atoms with E-state index in [1.807, 2.05) is 55.5 Å². The monoisotopic (exact) mass is 361 g/mol. The summed E-state index contributed by atoms with van der Waals surface area (Å²) in [6.45, 7) is 2.02. The molecule has 0 spiro atoms. The van der Waals surface area contributed by atoms with E-state index in [0.29, 0.717) is 10.8 Å². The molecular weight excluding hydrogens is 346 g/mol. The van der Waals surface area contributed by atoms with Crippen molar-refractivity contribution in [2.45, 2.75) is 6.92 Å². The summed E-state index contributed by atoms with van der Waals surface area (Å²) in [5.41, 5.74) is 10.4. The SMILES string of the molecule is Cc1ccc(Cl)cc1-c1cnc(N)nc1Nc1cnc2ccccc2c1. The van der Waals surface area contributed by atoms with E-state index in [1.54, 1.807) is 12.4 Å². The van der Waals surface area contributed by atoms with E-state index in [9.17, 15) is 0 Å². The summed E-state index contributed by atoms with van der Waals surface area (Å²) in [5.74, 6) is 0.810. The summed E-state index contributed by atoms with van der Waals surface area (Å²) < 4.78 is 0. The van der Waals surface area contributed by atoms with E-state index in [4.69, 9.17) is 17.3 Å². The molecule has 4 aromatic rings. The Morgan fingerprint density at radius 3 is 2.69 bits per heavy atom. The van der Waals surface area contributed by atoms with Crippen molar-refractivity contribution < 1.29 is 0 Å². The molecule has 0 saturated heterocycles. The summed E-state index contributed by atoms with van der Waals surface area (Å²) in [7, 11) is 0. The topological polar surface area (TPSA) is 76.7 Å². The number of hydrogen-bond acceptors (Lipinski definition) is 5. The average Bonchev–Trinajstić information content (AvgIpc) is 2.64. The van der Waals surface area contributed by atoms with E-state index in [2.05, 4.69) is 20.3 Å². The Morgan fingerprint density at radius 2 is 1.81 bits per heavy atom. The Morgan fingerprint density at radius 1 is 0.962 bits per heavy atom. The van der Waals surface area contributed by atoms with Crippen molar-refractivity contribution in [1.29, 1.82) is 0 Å². The van der Waals surface area contributed by atoms with Gasteiger partial charge in [-0.25, -0.2) is 4.98 Å². The van der Waals surface area contributed by atoms with Crippen molar-refractivity contribution in [1.82, 2.24) is 15.0 Å². The quantitative estimate of drug-likeness (QED) is 0.538. The minimum Gasteiger partial charge on any atom is -0.368 e. The first-order valence-electron chi connectivity index (χ1n) is 8.11. The van der Waals surface area contributed by atoms with Gasteiger partial charge in [-0.3, -0.25) is 4.98 Å². The second-order valence-corrected chi connectivity index (χ2v) is 6.43. The molecular formula is C20H16ClN5. The molecule has 0 unspecified atom stereocenters. The Balaban J connectivity index is 1.80. The van der Waals surface area contributed by atoms with Gasteiger partial charge in [0.1, 0.15) is 5.82 Å². The maximum atomic E-state index is 6.18. The van der Waals surface area contributed by atoms with E-state index in [-0.39, 0.29) is 5.95 Å². The number of nitrogen functional groups attached to an aromatic ring is 1. The molecule has 5 nitrogen and oxygen atoms in total. The highest BCUT2D eigenvalue weighted by molar-refractivity contribution is 6.30. The molecule has 128 valence electrons. The number of aromatic nitrogens is 3. The molecule has 0 aliphatic rings. The van der Waals surface area contributed by atoms with Gasteiger partial charge in [0.15, 0.2) is 0 Å². The van der Waals surface area contributed by atoms with Crippen molar-refractivity contribution >= 4 is 40.0 Å². The van der Waals surface area contributed by atoms with Crippen LogP contribution in [0.5, 0.6) is 0 Å². The van der Waals surface area contributed by atoms with Crippen LogP contribution >= 0.6 is 11.6 Å². The highest BCUT2D eigenvalue weighted by atomic mass is 35.5. The van der Waals surface area contributed by atoms with Gasteiger partial charge in [-0.1, -0.05) is 35.9 Å². The lowest BCUT2D eigenvalue weighted by atomic mass is 10.0. The largest absolute Gasteiger partial charge is 0.368 e. The molecule has 4 rings (SSSR count). The summed E-state index contributed by atoms with van der Waals surface area (Å²) in [4.78, 5) is 13.0. The molecule has 0 atom stereocenters. The van der Waals surface area contributed by atoms with Crippen LogP contribution in [0.2, 0.25) is 5.02 Å². The van der Waals surface area contributed by atoms with Crippen LogP contribution < -0.4 is 11.1 Å². The normalized spacial score (nSPS) is 10.8. The van der Waals surface area contributed by atoms with E-state index >= 15 is 0 Å². The first-order valence-corrected chi connectivity index (χ1v) is 8.49. The zero-order valence-electron chi connectivity index (χ0n) is 14.1. The molecule has 0 saturated carbocycles. The first kappa shape index (κ1) is 16.3. The Labute approximate surface area is 155 Å². The lowest BCUT2D eigenvalue weighted by Gasteiger charge is -2.13. The number of aryl methyl sites for hydroxylation is 1. The molecule has 6 heteroatoms. The minimum absolute atomic E-state index is 0.199. The van der Waals surface area contributed by atoms with Crippen LogP contribution in [0.25, 0.3) is 22.0 Å². The van der Waals surface area contributed by atoms with Gasteiger partial charge in [-0.15, -0.1) is 0 Å². The molecule has 0 aliphatic heterocycles. The van der Waals surface area contributed by atoms with Crippen LogP contribution in [-0.4, -0.2) is 15.0 Å². The maximum absolute atomic E-state index is 6.18. The van der Waals surface area contributed by atoms with Crippen LogP contribution in [0.3, 0.4) is 0 Å². The van der Waals surface area contributed by atoms with Gasteiger partial charge in [0.2, 0.25) is 5.95 Å². The first-order chi connectivity index (χ1) is 12.6. The highest BCUT2D eigenvalue weighted by Crippen LogP contribution is 2.33. The molecule has 0 fully saturated rings. The molecule has 2 aromatic carbocycles. The molecule has 0 amide bonds. The van der Waals surface area contributed by atoms with E-state index in [1.165, 1.54) is 0 Å². The predicted molar refractivity (Wildman–Crippen MR) is 107 cm³/mol. The Bertz CT molecular complexity index is 1110. The number of halogens is 1. The van der Waals surface area contributed by atoms with Crippen LogP contribution in [0, 0.1) is 6.92 Å². The number of nitrogens with zero attached hydrogens (tertiary/aromatic N) is 3. The second kappa shape index (κ2) is 6.61. The molecule has 3 N–H and O–H groups in total. The van der Waals surface area contributed by atoms with Gasteiger partial charge in [0, 0.05) is 22.2 Å². The number of benzene rings is 2. The number of nitrogens with two attached hydrogens (primary N) is 1. The Kier molecular flexibility index (Phi) is 4.14. The van der Waals surface area contributed by atoms with Crippen molar-refractivity contribution in [3.63, 3.8) is 0 Å². The van der Waals surface area contributed by atoms with Crippen LogP contribution in [0.15, 0.2) is 60.9 Å². The zero-order valence-corrected chi connectivity index (χ0v) is 14.8. The third-order valence-electron chi connectivity index (χ3n) is 4.15. The maximum Gasteiger partial charge on any atom is 0.221 e. The smallest absolute Gasteiger partial charge is 0.221 e. The molecule has 0 bridgehead atoms.